The lowest BCUT2D eigenvalue weighted by Crippen LogP contribution is -2.35. The fraction of sp³-hybridized carbons (Fsp3) is 0.400. The highest BCUT2D eigenvalue weighted by atomic mass is 16.4. The van der Waals surface area contributed by atoms with E-state index in [1.54, 1.807) is 0 Å². The van der Waals surface area contributed by atoms with E-state index >= 15 is 0 Å². The fourth-order valence-corrected chi connectivity index (χ4v) is 3.76. The number of nitrogens with one attached hydrogen (secondary N) is 1. The summed E-state index contributed by atoms with van der Waals surface area (Å²) in [4.78, 5) is 23.8. The summed E-state index contributed by atoms with van der Waals surface area (Å²) in [7, 11) is 0. The van der Waals surface area contributed by atoms with Gasteiger partial charge in [-0.2, -0.15) is 0 Å². The highest BCUT2D eigenvalue weighted by Crippen LogP contribution is 2.70. The summed E-state index contributed by atoms with van der Waals surface area (Å²) in [6.45, 7) is 0.198. The van der Waals surface area contributed by atoms with E-state index in [0.717, 1.165) is 35.6 Å². The Labute approximate surface area is 140 Å². The molecule has 2 aromatic rings. The second kappa shape index (κ2) is 5.62. The summed E-state index contributed by atoms with van der Waals surface area (Å²) in [5, 5.41) is 14.6. The molecule has 4 heteroatoms. The van der Waals surface area contributed by atoms with Crippen molar-refractivity contribution in [1.82, 2.24) is 5.32 Å². The summed E-state index contributed by atoms with van der Waals surface area (Å²) < 4.78 is 0. The van der Waals surface area contributed by atoms with Gasteiger partial charge in [-0.25, -0.2) is 0 Å². The third kappa shape index (κ3) is 2.77. The van der Waals surface area contributed by atoms with Gasteiger partial charge in [-0.1, -0.05) is 42.5 Å². The molecule has 0 aromatic heterocycles. The van der Waals surface area contributed by atoms with Crippen molar-refractivity contribution in [2.45, 2.75) is 25.7 Å². The van der Waals surface area contributed by atoms with Crippen LogP contribution in [0.15, 0.2) is 42.5 Å². The molecular formula is C20H21NO3. The van der Waals surface area contributed by atoms with Gasteiger partial charge in [0.25, 0.3) is 0 Å². The van der Waals surface area contributed by atoms with Crippen LogP contribution in [0, 0.1) is 17.3 Å². The Balaban J connectivity index is 1.45. The molecule has 0 bridgehead atoms. The lowest BCUT2D eigenvalue weighted by Gasteiger charge is -2.15. The predicted molar refractivity (Wildman–Crippen MR) is 91.6 cm³/mol. The van der Waals surface area contributed by atoms with E-state index in [4.69, 9.17) is 0 Å². The van der Waals surface area contributed by atoms with E-state index in [9.17, 15) is 14.7 Å². The summed E-state index contributed by atoms with van der Waals surface area (Å²) in [6.07, 6.45) is 3.72. The highest BCUT2D eigenvalue weighted by Gasteiger charge is 2.65. The number of carbonyl (C=O) groups is 2. The average molecular weight is 323 g/mol. The number of hydrogen-bond acceptors (Lipinski definition) is 2. The normalized spacial score (nSPS) is 21.4. The molecule has 0 aliphatic heterocycles. The number of amides is 1. The topological polar surface area (TPSA) is 66.4 Å². The van der Waals surface area contributed by atoms with Crippen LogP contribution in [0.5, 0.6) is 0 Å². The number of hydrogen-bond donors (Lipinski definition) is 2. The quantitative estimate of drug-likeness (QED) is 0.859. The third-order valence-corrected chi connectivity index (χ3v) is 5.62. The first-order valence-corrected chi connectivity index (χ1v) is 8.56. The van der Waals surface area contributed by atoms with Crippen molar-refractivity contribution in [3.63, 3.8) is 0 Å². The minimum absolute atomic E-state index is 0.0386. The van der Waals surface area contributed by atoms with E-state index in [1.165, 1.54) is 0 Å². The first-order valence-electron chi connectivity index (χ1n) is 8.56. The van der Waals surface area contributed by atoms with Crippen LogP contribution in [0.25, 0.3) is 10.8 Å². The van der Waals surface area contributed by atoms with E-state index in [1.807, 2.05) is 42.5 Å². The lowest BCUT2D eigenvalue weighted by molar-refractivity contribution is -0.141. The molecule has 4 rings (SSSR count). The first-order chi connectivity index (χ1) is 11.6. The molecule has 124 valence electrons. The van der Waals surface area contributed by atoms with Gasteiger partial charge >= 0.3 is 5.97 Å². The van der Waals surface area contributed by atoms with Crippen LogP contribution < -0.4 is 5.32 Å². The molecule has 0 heterocycles. The largest absolute Gasteiger partial charge is 0.481 e. The molecule has 2 saturated carbocycles. The second-order valence-electron chi connectivity index (χ2n) is 7.24. The van der Waals surface area contributed by atoms with Gasteiger partial charge in [0.1, 0.15) is 0 Å². The van der Waals surface area contributed by atoms with Crippen LogP contribution in [0.3, 0.4) is 0 Å². The molecule has 2 aliphatic carbocycles. The summed E-state index contributed by atoms with van der Waals surface area (Å²) in [5.41, 5.74) is 1.32. The van der Waals surface area contributed by atoms with Crippen LogP contribution >= 0.6 is 0 Å². The summed E-state index contributed by atoms with van der Waals surface area (Å²) in [6, 6.07) is 13.9. The van der Waals surface area contributed by atoms with Crippen LogP contribution in [0.2, 0.25) is 0 Å². The van der Waals surface area contributed by atoms with Gasteiger partial charge in [-0.05, 0) is 47.4 Å². The number of fused-ring (bicyclic) bond motifs is 1. The van der Waals surface area contributed by atoms with Gasteiger partial charge in [0.05, 0.1) is 5.92 Å². The number of rotatable bonds is 6. The minimum Gasteiger partial charge on any atom is -0.481 e. The first kappa shape index (κ1) is 15.2. The summed E-state index contributed by atoms with van der Waals surface area (Å²) in [5.74, 6) is -1.30. The zero-order valence-corrected chi connectivity index (χ0v) is 13.5. The van der Waals surface area contributed by atoms with Crippen molar-refractivity contribution in [2.75, 3.05) is 6.54 Å². The Morgan fingerprint density at radius 3 is 2.62 bits per heavy atom. The minimum atomic E-state index is -0.861. The van der Waals surface area contributed by atoms with Crippen molar-refractivity contribution in [1.29, 1.82) is 0 Å². The second-order valence-corrected chi connectivity index (χ2v) is 7.24. The zero-order chi connectivity index (χ0) is 16.7. The molecule has 2 unspecified atom stereocenters. The number of carboxylic acid groups (broad SMARTS) is 1. The molecular weight excluding hydrogens is 302 g/mol. The maximum Gasteiger partial charge on any atom is 0.308 e. The number of benzene rings is 2. The van der Waals surface area contributed by atoms with Gasteiger partial charge in [-0.3, -0.25) is 9.59 Å². The molecule has 0 saturated heterocycles. The number of carbonyl (C=O) groups excluding carboxylic acids is 1. The summed E-state index contributed by atoms with van der Waals surface area (Å²) >= 11 is 0. The van der Waals surface area contributed by atoms with Gasteiger partial charge < -0.3 is 10.4 Å². The highest BCUT2D eigenvalue weighted by molar-refractivity contribution is 5.86. The molecule has 4 nitrogen and oxygen atoms in total. The monoisotopic (exact) mass is 323 g/mol. The van der Waals surface area contributed by atoms with Gasteiger partial charge in [0, 0.05) is 12.5 Å². The molecule has 2 fully saturated rings. The van der Waals surface area contributed by atoms with E-state index in [2.05, 4.69) is 5.32 Å². The van der Waals surface area contributed by atoms with Crippen molar-refractivity contribution >= 4 is 22.6 Å². The predicted octanol–water partition coefficient (Wildman–Crippen LogP) is 3.00. The fourth-order valence-electron chi connectivity index (χ4n) is 3.76. The Morgan fingerprint density at radius 2 is 1.92 bits per heavy atom. The van der Waals surface area contributed by atoms with Crippen LogP contribution in [0.1, 0.15) is 24.8 Å². The molecule has 2 aromatic carbocycles. The Morgan fingerprint density at radius 1 is 1.17 bits per heavy atom. The zero-order valence-electron chi connectivity index (χ0n) is 13.5. The molecule has 0 radical (unpaired) electrons. The molecule has 1 amide bonds. The lowest BCUT2D eigenvalue weighted by atomic mass is 9.94. The van der Waals surface area contributed by atoms with Crippen molar-refractivity contribution in [3.05, 3.63) is 48.0 Å². The molecule has 2 N–H and O–H groups in total. The number of aliphatic carboxylic acids is 1. The molecule has 24 heavy (non-hydrogen) atoms. The van der Waals surface area contributed by atoms with Crippen molar-refractivity contribution < 1.29 is 14.7 Å². The maximum atomic E-state index is 12.1. The van der Waals surface area contributed by atoms with Crippen LogP contribution in [0.4, 0.5) is 0 Å². The van der Waals surface area contributed by atoms with E-state index in [-0.39, 0.29) is 18.4 Å². The van der Waals surface area contributed by atoms with Crippen molar-refractivity contribution in [3.8, 4) is 0 Å². The number of carboxylic acids is 1. The average Bonchev–Trinajstić information content (AvgIpc) is 3.50. The standard InChI is InChI=1S/C20H21NO3/c22-18(17-11-20(17)8-9-20)21-12-15(19(23)24)10-14-6-3-5-13-4-1-2-7-16(13)14/h1-7,15,17H,8-12H2,(H,21,22)(H,23,24). The Kier molecular flexibility index (Phi) is 3.56. The van der Waals surface area contributed by atoms with Crippen LogP contribution in [-0.2, 0) is 16.0 Å². The SMILES string of the molecule is O=C(O)C(CNC(=O)C1CC12CC2)Cc1cccc2ccccc12. The Bertz CT molecular complexity index is 804. The molecule has 2 atom stereocenters. The molecule has 1 spiro atoms. The maximum absolute atomic E-state index is 12.1. The van der Waals surface area contributed by atoms with Gasteiger partial charge in [-0.15, -0.1) is 0 Å². The Hall–Kier alpha value is -2.36. The van der Waals surface area contributed by atoms with Gasteiger partial charge in [0.2, 0.25) is 5.91 Å². The van der Waals surface area contributed by atoms with Crippen molar-refractivity contribution in [2.24, 2.45) is 17.3 Å². The van der Waals surface area contributed by atoms with E-state index in [0.29, 0.717) is 11.8 Å². The third-order valence-electron chi connectivity index (χ3n) is 5.62. The molecule has 2 aliphatic rings. The van der Waals surface area contributed by atoms with Crippen LogP contribution in [-0.4, -0.2) is 23.5 Å². The van der Waals surface area contributed by atoms with Gasteiger partial charge in [0.15, 0.2) is 0 Å². The smallest absolute Gasteiger partial charge is 0.308 e. The van der Waals surface area contributed by atoms with E-state index < -0.39 is 11.9 Å².